The number of likely N-dealkylation sites (N-methyl/N-ethyl adjacent to an activating group) is 1. The molecule has 0 N–H and O–H groups in total. The zero-order chi connectivity index (χ0) is 43.4. The van der Waals surface area contributed by atoms with E-state index in [0.717, 1.165) is 70.6 Å². The Balaban J connectivity index is 4.10. The molecule has 346 valence electrons. The van der Waals surface area contributed by atoms with Gasteiger partial charge in [-0.25, -0.2) is 0 Å². The zero-order valence-corrected chi connectivity index (χ0v) is 40.1. The Morgan fingerprint density at radius 1 is 0.525 bits per heavy atom. The lowest BCUT2D eigenvalue weighted by Gasteiger charge is -2.28. The maximum atomic E-state index is 12.7. The summed E-state index contributed by atoms with van der Waals surface area (Å²) in [6, 6.07) is 0. The number of rotatable bonds is 45. The Morgan fingerprint density at radius 2 is 0.966 bits per heavy atom. The zero-order valence-electron chi connectivity index (χ0n) is 39.2. The number of ether oxygens (including phenoxy) is 2. The number of hydrogen-bond donors (Lipinski definition) is 0. The van der Waals surface area contributed by atoms with Gasteiger partial charge in [-0.1, -0.05) is 178 Å². The maximum absolute atomic E-state index is 12.7. The number of quaternary nitrogens is 1. The van der Waals surface area contributed by atoms with E-state index in [1.807, 2.05) is 21.1 Å². The maximum Gasteiger partial charge on any atom is 0.306 e. The molecule has 0 saturated carbocycles. The van der Waals surface area contributed by atoms with Crippen molar-refractivity contribution in [1.29, 1.82) is 0 Å². The first-order valence-corrected chi connectivity index (χ1v) is 25.8. The molecule has 0 aliphatic heterocycles. The largest absolute Gasteiger partial charge is 0.756 e. The highest BCUT2D eigenvalue weighted by Crippen LogP contribution is 2.38. The number of hydrogen-bond acceptors (Lipinski definition) is 7. The number of carbonyl (C=O) groups is 1. The van der Waals surface area contributed by atoms with Crippen molar-refractivity contribution in [2.75, 3.05) is 54.1 Å². The van der Waals surface area contributed by atoms with Crippen LogP contribution in [0.2, 0.25) is 0 Å². The fraction of sp³-hybridized carbons (Fsp3) is 0.820. The van der Waals surface area contributed by atoms with Crippen molar-refractivity contribution in [2.24, 2.45) is 0 Å². The first-order valence-electron chi connectivity index (χ1n) is 24.4. The molecule has 0 aromatic heterocycles. The van der Waals surface area contributed by atoms with Crippen LogP contribution in [0.1, 0.15) is 206 Å². The number of esters is 1. The molecule has 0 aromatic rings. The molecule has 2 unspecified atom stereocenters. The predicted octanol–water partition coefficient (Wildman–Crippen LogP) is 14.1. The summed E-state index contributed by atoms with van der Waals surface area (Å²) in [5.41, 5.74) is 0. The molecule has 59 heavy (non-hydrogen) atoms. The lowest BCUT2D eigenvalue weighted by atomic mass is 10.0. The van der Waals surface area contributed by atoms with Crippen molar-refractivity contribution < 1.29 is 37.3 Å². The summed E-state index contributed by atoms with van der Waals surface area (Å²) in [4.78, 5) is 25.1. The third-order valence-corrected chi connectivity index (χ3v) is 11.3. The van der Waals surface area contributed by atoms with Crippen LogP contribution in [0.25, 0.3) is 0 Å². The van der Waals surface area contributed by atoms with E-state index >= 15 is 0 Å². The summed E-state index contributed by atoms with van der Waals surface area (Å²) in [7, 11) is 1.34. The van der Waals surface area contributed by atoms with Gasteiger partial charge in [0.2, 0.25) is 0 Å². The van der Waals surface area contributed by atoms with Crippen LogP contribution < -0.4 is 4.89 Å². The van der Waals surface area contributed by atoms with Gasteiger partial charge in [-0.3, -0.25) is 9.36 Å². The summed E-state index contributed by atoms with van der Waals surface area (Å²) >= 11 is 0. The van der Waals surface area contributed by atoms with Crippen LogP contribution in [-0.2, 0) is 27.9 Å². The van der Waals surface area contributed by atoms with Gasteiger partial charge < -0.3 is 27.9 Å². The molecular formula is C50H94NO7P. The lowest BCUT2D eigenvalue weighted by molar-refractivity contribution is -0.870. The quantitative estimate of drug-likeness (QED) is 0.0198. The highest BCUT2D eigenvalue weighted by molar-refractivity contribution is 7.45. The number of unbranched alkanes of at least 4 members (excludes halogenated alkanes) is 23. The molecule has 9 heteroatoms. The topological polar surface area (TPSA) is 94.1 Å². The smallest absolute Gasteiger partial charge is 0.306 e. The van der Waals surface area contributed by atoms with Crippen molar-refractivity contribution in [3.05, 3.63) is 48.6 Å². The third kappa shape index (κ3) is 47.4. The average molecular weight is 852 g/mol. The Morgan fingerprint density at radius 3 is 1.44 bits per heavy atom. The van der Waals surface area contributed by atoms with E-state index in [9.17, 15) is 14.3 Å². The van der Waals surface area contributed by atoms with E-state index in [2.05, 4.69) is 62.5 Å². The highest BCUT2D eigenvalue weighted by atomic mass is 31.2. The Bertz CT molecular complexity index is 1080. The second-order valence-corrected chi connectivity index (χ2v) is 18.9. The SMILES string of the molecule is CCC/C=C\C/C=C\CCCCCCCC(=O)OC(COCCCCCCCCCCCCCC/C=C\C/C=C\CCCCCCC)COP(=O)([O-])OCC[N+](C)(C)C. The minimum absolute atomic E-state index is 0.0220. The normalized spacial score (nSPS) is 14.1. The van der Waals surface area contributed by atoms with Gasteiger partial charge >= 0.3 is 5.97 Å². The number of carbonyl (C=O) groups excluding carboxylic acids is 1. The highest BCUT2D eigenvalue weighted by Gasteiger charge is 2.20. The summed E-state index contributed by atoms with van der Waals surface area (Å²) in [6.07, 6.45) is 52.8. The summed E-state index contributed by atoms with van der Waals surface area (Å²) < 4.78 is 34.6. The van der Waals surface area contributed by atoms with Crippen molar-refractivity contribution in [3.8, 4) is 0 Å². The average Bonchev–Trinajstić information content (AvgIpc) is 3.19. The van der Waals surface area contributed by atoms with Gasteiger partial charge in [0.1, 0.15) is 19.3 Å². The van der Waals surface area contributed by atoms with Gasteiger partial charge in [-0.2, -0.15) is 0 Å². The van der Waals surface area contributed by atoms with Crippen LogP contribution in [0.5, 0.6) is 0 Å². The molecule has 0 heterocycles. The first-order chi connectivity index (χ1) is 28.6. The molecule has 0 amide bonds. The van der Waals surface area contributed by atoms with Gasteiger partial charge in [0.05, 0.1) is 34.4 Å². The van der Waals surface area contributed by atoms with Crippen LogP contribution in [0.15, 0.2) is 48.6 Å². The second kappa shape index (κ2) is 43.1. The number of nitrogens with zero attached hydrogens (tertiary/aromatic N) is 1. The molecule has 0 saturated heterocycles. The third-order valence-electron chi connectivity index (χ3n) is 10.3. The van der Waals surface area contributed by atoms with Crippen LogP contribution in [-0.4, -0.2) is 70.7 Å². The summed E-state index contributed by atoms with van der Waals surface area (Å²) in [5, 5.41) is 0. The van der Waals surface area contributed by atoms with Crippen molar-refractivity contribution in [2.45, 2.75) is 213 Å². The van der Waals surface area contributed by atoms with Gasteiger partial charge in [-0.05, 0) is 70.6 Å². The van der Waals surface area contributed by atoms with E-state index in [1.165, 1.54) is 116 Å². The molecular weight excluding hydrogens is 758 g/mol. The summed E-state index contributed by atoms with van der Waals surface area (Å²) in [6.45, 7) is 5.32. The van der Waals surface area contributed by atoms with E-state index in [1.54, 1.807) is 0 Å². The molecule has 0 rings (SSSR count). The molecule has 0 bridgehead atoms. The standard InChI is InChI=1S/C50H94NO7P/c1-6-8-10-12-14-16-18-20-21-22-23-24-25-26-27-28-29-30-32-34-36-38-40-42-45-55-47-49(48-57-59(53,54)56-46-44-51(3,4)5)58-50(52)43-41-39-37-35-33-31-19-17-15-13-11-9-7-2/h11,13,17-20,22-23,49H,6-10,12,14-16,21,24-48H2,1-5H3/b13-11-,19-17-,20-18-,23-22-. The van der Waals surface area contributed by atoms with Gasteiger partial charge in [0, 0.05) is 13.0 Å². The van der Waals surface area contributed by atoms with Crippen molar-refractivity contribution in [1.82, 2.24) is 0 Å². The van der Waals surface area contributed by atoms with Crippen LogP contribution in [0.4, 0.5) is 0 Å². The van der Waals surface area contributed by atoms with Crippen LogP contribution in [0.3, 0.4) is 0 Å². The molecule has 0 spiro atoms. The second-order valence-electron chi connectivity index (χ2n) is 17.5. The van der Waals surface area contributed by atoms with E-state index in [0.29, 0.717) is 24.1 Å². The fourth-order valence-corrected chi connectivity index (χ4v) is 7.28. The molecule has 2 atom stereocenters. The van der Waals surface area contributed by atoms with E-state index in [-0.39, 0.29) is 25.8 Å². The Kier molecular flexibility index (Phi) is 42.0. The molecule has 0 fully saturated rings. The molecule has 8 nitrogen and oxygen atoms in total. The minimum Gasteiger partial charge on any atom is -0.756 e. The number of phosphoric acid groups is 1. The number of phosphoric ester groups is 1. The van der Waals surface area contributed by atoms with E-state index < -0.39 is 13.9 Å². The van der Waals surface area contributed by atoms with Crippen LogP contribution in [0, 0.1) is 0 Å². The monoisotopic (exact) mass is 852 g/mol. The fourth-order valence-electron chi connectivity index (χ4n) is 6.56. The minimum atomic E-state index is -4.53. The Hall–Kier alpha value is -1.54. The molecule has 0 aromatic carbocycles. The lowest BCUT2D eigenvalue weighted by Crippen LogP contribution is -2.37. The van der Waals surface area contributed by atoms with E-state index in [4.69, 9.17) is 18.5 Å². The van der Waals surface area contributed by atoms with Gasteiger partial charge in [-0.15, -0.1) is 0 Å². The van der Waals surface area contributed by atoms with Gasteiger partial charge in [0.15, 0.2) is 0 Å². The van der Waals surface area contributed by atoms with Gasteiger partial charge in [0.25, 0.3) is 7.82 Å². The van der Waals surface area contributed by atoms with Crippen LogP contribution >= 0.6 is 7.82 Å². The molecule has 0 radical (unpaired) electrons. The number of allylic oxidation sites excluding steroid dienone is 8. The summed E-state index contributed by atoms with van der Waals surface area (Å²) in [5.74, 6) is -0.349. The first kappa shape index (κ1) is 57.5. The van der Waals surface area contributed by atoms with Crippen molar-refractivity contribution >= 4 is 13.8 Å². The van der Waals surface area contributed by atoms with Crippen molar-refractivity contribution in [3.63, 3.8) is 0 Å². The molecule has 0 aliphatic carbocycles. The Labute approximate surface area is 365 Å². The predicted molar refractivity (Wildman–Crippen MR) is 250 cm³/mol. The molecule has 0 aliphatic rings.